The van der Waals surface area contributed by atoms with Crippen molar-refractivity contribution in [2.45, 2.75) is 70.9 Å². The molecule has 1 aromatic carbocycles. The maximum Gasteiger partial charge on any atom is 0.329 e. The Morgan fingerprint density at radius 3 is 2.16 bits per heavy atom. The zero-order chi connectivity index (χ0) is 22.2. The van der Waals surface area contributed by atoms with E-state index in [4.69, 9.17) is 4.74 Å². The molecule has 6 heteroatoms. The second-order valence-corrected chi connectivity index (χ2v) is 10.4. The minimum atomic E-state index is -0.806. The number of nitrogens with one attached hydrogen (secondary N) is 2. The summed E-state index contributed by atoms with van der Waals surface area (Å²) < 4.78 is 5.34. The largest absolute Gasteiger partial charge is 0.454 e. The molecule has 4 aliphatic carbocycles. The maximum atomic E-state index is 12.7. The number of carbonyl (C=O) groups excluding carboxylic acids is 3. The topological polar surface area (TPSA) is 84.5 Å². The second-order valence-electron chi connectivity index (χ2n) is 10.4. The van der Waals surface area contributed by atoms with Gasteiger partial charge in [-0.05, 0) is 80.8 Å². The molecule has 4 aliphatic rings. The van der Waals surface area contributed by atoms with Gasteiger partial charge in [0.1, 0.15) is 6.04 Å². The fourth-order valence-corrected chi connectivity index (χ4v) is 6.37. The molecule has 0 radical (unpaired) electrons. The van der Waals surface area contributed by atoms with Gasteiger partial charge in [-0.25, -0.2) is 4.79 Å². The van der Waals surface area contributed by atoms with E-state index in [1.165, 1.54) is 19.3 Å². The molecular formula is C25H34N2O4. The molecule has 5 rings (SSSR count). The Bertz CT molecular complexity index is 828. The van der Waals surface area contributed by atoms with Crippen LogP contribution in [-0.2, 0) is 14.3 Å². The Morgan fingerprint density at radius 1 is 1.03 bits per heavy atom. The highest BCUT2D eigenvalue weighted by atomic mass is 16.5. The summed E-state index contributed by atoms with van der Waals surface area (Å²) in [7, 11) is 0. The van der Waals surface area contributed by atoms with Crippen LogP contribution >= 0.6 is 0 Å². The Hall–Kier alpha value is -2.37. The minimum absolute atomic E-state index is 0.102. The van der Waals surface area contributed by atoms with Gasteiger partial charge in [-0.1, -0.05) is 32.0 Å². The van der Waals surface area contributed by atoms with Crippen molar-refractivity contribution in [3.05, 3.63) is 35.4 Å². The predicted molar refractivity (Wildman–Crippen MR) is 117 cm³/mol. The molecular weight excluding hydrogens is 392 g/mol. The van der Waals surface area contributed by atoms with Crippen LogP contribution in [0.2, 0.25) is 0 Å². The van der Waals surface area contributed by atoms with E-state index in [1.807, 2.05) is 32.9 Å². The third-order valence-electron chi connectivity index (χ3n) is 7.39. The van der Waals surface area contributed by atoms with Crippen molar-refractivity contribution < 1.29 is 19.1 Å². The lowest BCUT2D eigenvalue weighted by molar-refractivity contribution is -0.152. The maximum absolute atomic E-state index is 12.7. The lowest BCUT2D eigenvalue weighted by Crippen LogP contribution is -2.60. The van der Waals surface area contributed by atoms with Crippen LogP contribution in [0.4, 0.5) is 0 Å². The molecule has 4 saturated carbocycles. The van der Waals surface area contributed by atoms with E-state index in [1.54, 1.807) is 12.1 Å². The van der Waals surface area contributed by atoms with Crippen molar-refractivity contribution in [3.63, 3.8) is 0 Å². The Morgan fingerprint density at radius 2 is 1.61 bits per heavy atom. The first kappa shape index (κ1) is 21.8. The number of esters is 1. The van der Waals surface area contributed by atoms with Crippen molar-refractivity contribution in [2.75, 3.05) is 6.61 Å². The van der Waals surface area contributed by atoms with Gasteiger partial charge in [-0.15, -0.1) is 0 Å². The molecule has 0 saturated heterocycles. The first-order valence-electron chi connectivity index (χ1n) is 11.6. The van der Waals surface area contributed by atoms with Gasteiger partial charge in [-0.2, -0.15) is 0 Å². The Labute approximate surface area is 184 Å². The smallest absolute Gasteiger partial charge is 0.329 e. The summed E-state index contributed by atoms with van der Waals surface area (Å²) in [5, 5.41) is 6.00. The number of rotatable bonds is 7. The Kier molecular flexibility index (Phi) is 6.09. The lowest BCUT2D eigenvalue weighted by atomic mass is 9.53. The van der Waals surface area contributed by atoms with E-state index >= 15 is 0 Å². The van der Waals surface area contributed by atoms with Crippen LogP contribution in [-0.4, -0.2) is 36.0 Å². The van der Waals surface area contributed by atoms with Gasteiger partial charge in [0.25, 0.3) is 11.8 Å². The number of carbonyl (C=O) groups is 3. The average molecular weight is 427 g/mol. The molecule has 168 valence electrons. The molecule has 4 fully saturated rings. The summed E-state index contributed by atoms with van der Waals surface area (Å²) in [4.78, 5) is 38.0. The molecule has 0 aliphatic heterocycles. The fraction of sp³-hybridized carbons (Fsp3) is 0.640. The van der Waals surface area contributed by atoms with E-state index in [-0.39, 0.29) is 29.9 Å². The zero-order valence-electron chi connectivity index (χ0n) is 18.8. The average Bonchev–Trinajstić information content (AvgIpc) is 2.68. The molecule has 1 aromatic rings. The highest BCUT2D eigenvalue weighted by Crippen LogP contribution is 2.55. The van der Waals surface area contributed by atoms with E-state index in [2.05, 4.69) is 10.6 Å². The number of amides is 2. The molecule has 0 spiro atoms. The molecule has 4 bridgehead atoms. The number of aryl methyl sites for hydroxylation is 1. The van der Waals surface area contributed by atoms with Gasteiger partial charge in [0, 0.05) is 11.1 Å². The number of benzene rings is 1. The van der Waals surface area contributed by atoms with Gasteiger partial charge >= 0.3 is 5.97 Å². The highest BCUT2D eigenvalue weighted by Gasteiger charge is 2.51. The van der Waals surface area contributed by atoms with Crippen molar-refractivity contribution in [2.24, 2.45) is 23.7 Å². The van der Waals surface area contributed by atoms with E-state index in [9.17, 15) is 14.4 Å². The number of hydrogen-bond donors (Lipinski definition) is 2. The van der Waals surface area contributed by atoms with Crippen LogP contribution in [0.3, 0.4) is 0 Å². The summed E-state index contributed by atoms with van der Waals surface area (Å²) in [6.45, 7) is 5.25. The quantitative estimate of drug-likeness (QED) is 0.655. The molecule has 2 N–H and O–H groups in total. The van der Waals surface area contributed by atoms with Crippen LogP contribution in [0.25, 0.3) is 0 Å². The third-order valence-corrected chi connectivity index (χ3v) is 7.39. The van der Waals surface area contributed by atoms with Gasteiger partial charge in [0.2, 0.25) is 0 Å². The summed E-state index contributed by atoms with van der Waals surface area (Å²) in [5.41, 5.74) is 1.26. The van der Waals surface area contributed by atoms with Gasteiger partial charge in [-0.3, -0.25) is 9.59 Å². The molecule has 0 aromatic heterocycles. The lowest BCUT2D eigenvalue weighted by Gasteiger charge is -2.56. The monoisotopic (exact) mass is 426 g/mol. The zero-order valence-corrected chi connectivity index (χ0v) is 18.8. The molecule has 2 amide bonds. The normalized spacial score (nSPS) is 29.5. The number of ether oxygens (including phenoxy) is 1. The van der Waals surface area contributed by atoms with Crippen molar-refractivity contribution in [1.29, 1.82) is 0 Å². The van der Waals surface area contributed by atoms with Gasteiger partial charge < -0.3 is 15.4 Å². The highest BCUT2D eigenvalue weighted by molar-refractivity contribution is 5.98. The minimum Gasteiger partial charge on any atom is -0.454 e. The Balaban J connectivity index is 1.31. The van der Waals surface area contributed by atoms with Gasteiger partial charge in [0.15, 0.2) is 6.61 Å². The van der Waals surface area contributed by atoms with E-state index in [0.29, 0.717) is 5.56 Å². The molecule has 31 heavy (non-hydrogen) atoms. The van der Waals surface area contributed by atoms with Crippen LogP contribution in [0.15, 0.2) is 24.3 Å². The van der Waals surface area contributed by atoms with E-state index in [0.717, 1.165) is 42.6 Å². The number of hydrogen-bond acceptors (Lipinski definition) is 4. The van der Waals surface area contributed by atoms with Crippen LogP contribution in [0, 0.1) is 30.6 Å². The summed E-state index contributed by atoms with van der Waals surface area (Å²) in [6, 6.07) is 6.43. The van der Waals surface area contributed by atoms with Crippen molar-refractivity contribution in [3.8, 4) is 0 Å². The summed E-state index contributed by atoms with van der Waals surface area (Å²) >= 11 is 0. The standard InChI is InChI=1S/C25H34N2O4/c1-15(2)22(26-23(29)20-7-5-4-6-16(20)3)24(30)31-14-21(28)27-25-11-17-8-18(12-25)10-19(9-17)13-25/h4-7,15,17-19,22H,8-14H2,1-3H3,(H,26,29)(H,27,28)/t17?,18?,19?,22-,25?/m0/s1. The van der Waals surface area contributed by atoms with Crippen LogP contribution in [0.1, 0.15) is 68.3 Å². The first-order valence-corrected chi connectivity index (χ1v) is 11.6. The van der Waals surface area contributed by atoms with Crippen LogP contribution in [0.5, 0.6) is 0 Å². The van der Waals surface area contributed by atoms with Crippen molar-refractivity contribution >= 4 is 17.8 Å². The first-order chi connectivity index (χ1) is 14.7. The fourth-order valence-electron chi connectivity index (χ4n) is 6.37. The summed E-state index contributed by atoms with van der Waals surface area (Å²) in [5.74, 6) is 0.919. The third kappa shape index (κ3) is 4.78. The predicted octanol–water partition coefficient (Wildman–Crippen LogP) is 3.38. The molecule has 6 nitrogen and oxygen atoms in total. The summed E-state index contributed by atoms with van der Waals surface area (Å²) in [6.07, 6.45) is 7.08. The molecule has 1 atom stereocenters. The molecule has 0 unspecified atom stereocenters. The van der Waals surface area contributed by atoms with Crippen molar-refractivity contribution in [1.82, 2.24) is 10.6 Å². The second kappa shape index (κ2) is 8.64. The van der Waals surface area contributed by atoms with E-state index < -0.39 is 12.0 Å². The van der Waals surface area contributed by atoms with Gasteiger partial charge in [0.05, 0.1) is 0 Å². The molecule has 0 heterocycles. The SMILES string of the molecule is Cc1ccccc1C(=O)N[C@H](C(=O)OCC(=O)NC12CC3CC(CC(C3)C1)C2)C(C)C. The van der Waals surface area contributed by atoms with Crippen LogP contribution < -0.4 is 10.6 Å².